The fourth-order valence-corrected chi connectivity index (χ4v) is 5.25. The molecule has 2 saturated carbocycles. The summed E-state index contributed by atoms with van der Waals surface area (Å²) in [5.41, 5.74) is 7.04. The van der Waals surface area contributed by atoms with Crippen LogP contribution in [-0.4, -0.2) is 30.4 Å². The average Bonchev–Trinajstić information content (AvgIpc) is 2.95. The van der Waals surface area contributed by atoms with E-state index in [2.05, 4.69) is 5.32 Å². The summed E-state index contributed by atoms with van der Waals surface area (Å²) in [4.78, 5) is 27.2. The Morgan fingerprint density at radius 2 is 1.81 bits per heavy atom. The van der Waals surface area contributed by atoms with Crippen molar-refractivity contribution in [3.63, 3.8) is 0 Å². The number of amides is 2. The first kappa shape index (κ1) is 20.4. The molecular weight excluding hydrogens is 385 g/mol. The minimum absolute atomic E-state index is 0. The number of rotatable bonds is 3. The molecule has 3 atom stereocenters. The molecule has 0 radical (unpaired) electrons. The van der Waals surface area contributed by atoms with Crippen molar-refractivity contribution in [1.29, 1.82) is 0 Å². The zero-order valence-electron chi connectivity index (χ0n) is 15.3. The Morgan fingerprint density at radius 1 is 1.15 bits per heavy atom. The average molecular weight is 412 g/mol. The number of hydrogen-bond acceptors (Lipinski definition) is 3. The molecule has 2 aliphatic carbocycles. The molecule has 148 valence electrons. The van der Waals surface area contributed by atoms with Crippen LogP contribution in [0.2, 0.25) is 5.02 Å². The van der Waals surface area contributed by atoms with Crippen molar-refractivity contribution >= 4 is 41.5 Å². The van der Waals surface area contributed by atoms with E-state index in [-0.39, 0.29) is 36.2 Å². The highest BCUT2D eigenvalue weighted by Gasteiger charge is 2.42. The number of carbonyl (C=O) groups excluding carboxylic acids is 2. The Morgan fingerprint density at radius 3 is 2.48 bits per heavy atom. The highest BCUT2D eigenvalue weighted by atomic mass is 35.5. The summed E-state index contributed by atoms with van der Waals surface area (Å²) in [7, 11) is 0. The second-order valence-corrected chi connectivity index (χ2v) is 8.40. The van der Waals surface area contributed by atoms with Crippen LogP contribution in [0.3, 0.4) is 0 Å². The molecule has 7 heteroatoms. The van der Waals surface area contributed by atoms with Gasteiger partial charge in [-0.2, -0.15) is 0 Å². The lowest BCUT2D eigenvalue weighted by Gasteiger charge is -2.43. The first-order valence-electron chi connectivity index (χ1n) is 9.66. The number of fused-ring (bicyclic) bond motifs is 2. The van der Waals surface area contributed by atoms with E-state index in [1.807, 2.05) is 18.2 Å². The molecule has 3 aliphatic rings. The Hall–Kier alpha value is -1.30. The van der Waals surface area contributed by atoms with E-state index >= 15 is 0 Å². The molecule has 4 rings (SSSR count). The third-order valence-electron chi connectivity index (χ3n) is 6.45. The minimum atomic E-state index is -0.450. The molecule has 1 aromatic carbocycles. The van der Waals surface area contributed by atoms with Gasteiger partial charge in [0.05, 0.1) is 10.7 Å². The predicted octanol–water partition coefficient (Wildman–Crippen LogP) is 3.14. The first-order valence-corrected chi connectivity index (χ1v) is 10.0. The number of hydrogen-bond donors (Lipinski definition) is 2. The van der Waals surface area contributed by atoms with Crippen molar-refractivity contribution in [1.82, 2.24) is 5.32 Å². The van der Waals surface area contributed by atoms with Gasteiger partial charge in [-0.25, -0.2) is 0 Å². The van der Waals surface area contributed by atoms with E-state index in [9.17, 15) is 9.59 Å². The molecule has 27 heavy (non-hydrogen) atoms. The number of nitrogens with two attached hydrogens (primary N) is 1. The lowest BCUT2D eigenvalue weighted by Crippen LogP contribution is -2.51. The summed E-state index contributed by atoms with van der Waals surface area (Å²) in [6, 6.07) is 7.13. The third kappa shape index (κ3) is 3.96. The molecule has 1 heterocycles. The van der Waals surface area contributed by atoms with Crippen molar-refractivity contribution in [3.05, 3.63) is 29.3 Å². The zero-order valence-corrected chi connectivity index (χ0v) is 16.8. The van der Waals surface area contributed by atoms with Gasteiger partial charge in [-0.05, 0) is 56.1 Å². The summed E-state index contributed by atoms with van der Waals surface area (Å²) >= 11 is 6.22. The largest absolute Gasteiger partial charge is 0.344 e. The molecule has 3 fully saturated rings. The minimum Gasteiger partial charge on any atom is -0.344 e. The van der Waals surface area contributed by atoms with E-state index in [0.717, 1.165) is 25.7 Å². The number of anilines is 1. The number of nitrogens with zero attached hydrogens (tertiary/aromatic N) is 1. The molecule has 1 saturated heterocycles. The van der Waals surface area contributed by atoms with Gasteiger partial charge in [0.2, 0.25) is 11.8 Å². The van der Waals surface area contributed by atoms with Crippen LogP contribution in [0.25, 0.3) is 0 Å². The predicted molar refractivity (Wildman–Crippen MR) is 109 cm³/mol. The van der Waals surface area contributed by atoms with E-state index < -0.39 is 6.04 Å². The summed E-state index contributed by atoms with van der Waals surface area (Å²) in [6.45, 7) is 0.578. The molecule has 2 bridgehead atoms. The summed E-state index contributed by atoms with van der Waals surface area (Å²) in [5, 5.41) is 3.56. The molecule has 0 aromatic heterocycles. The van der Waals surface area contributed by atoms with Crippen LogP contribution in [-0.2, 0) is 9.59 Å². The Kier molecular flexibility index (Phi) is 6.34. The fraction of sp³-hybridized carbons (Fsp3) is 0.600. The fourth-order valence-electron chi connectivity index (χ4n) is 5.02. The van der Waals surface area contributed by atoms with E-state index in [0.29, 0.717) is 35.5 Å². The molecule has 3 unspecified atom stereocenters. The van der Waals surface area contributed by atoms with Crippen LogP contribution in [0.5, 0.6) is 0 Å². The third-order valence-corrected chi connectivity index (χ3v) is 6.77. The van der Waals surface area contributed by atoms with Gasteiger partial charge in [-0.1, -0.05) is 30.2 Å². The topological polar surface area (TPSA) is 75.4 Å². The second-order valence-electron chi connectivity index (χ2n) is 7.99. The molecule has 1 aliphatic heterocycles. The normalized spacial score (nSPS) is 32.7. The maximum atomic E-state index is 12.8. The van der Waals surface area contributed by atoms with Gasteiger partial charge in [-0.3, -0.25) is 9.59 Å². The van der Waals surface area contributed by atoms with Gasteiger partial charge in [-0.15, -0.1) is 12.4 Å². The second kappa shape index (κ2) is 8.38. The van der Waals surface area contributed by atoms with Gasteiger partial charge >= 0.3 is 0 Å². The summed E-state index contributed by atoms with van der Waals surface area (Å²) in [6.07, 6.45) is 5.83. The van der Waals surface area contributed by atoms with Gasteiger partial charge in [0, 0.05) is 18.5 Å². The molecule has 1 aromatic rings. The van der Waals surface area contributed by atoms with E-state index in [1.165, 1.54) is 6.42 Å². The van der Waals surface area contributed by atoms with E-state index in [4.69, 9.17) is 17.3 Å². The maximum Gasteiger partial charge on any atom is 0.249 e. The number of para-hydroxylation sites is 1. The number of benzene rings is 1. The van der Waals surface area contributed by atoms with Crippen LogP contribution in [0, 0.1) is 17.8 Å². The number of carbonyl (C=O) groups is 2. The number of nitrogens with one attached hydrogen (secondary N) is 1. The van der Waals surface area contributed by atoms with Gasteiger partial charge in [0.15, 0.2) is 0 Å². The standard InChI is InChI=1S/C20H26ClN3O2.ClH/c21-15-6-1-2-7-17(15)24-9-8-16(20(24)26)23-19(25)14-10-12-4-3-5-13(11-14)18(12)22;/h1-2,6-7,12-14,16,18H,3-5,8-11,22H2,(H,23,25);1H. The lowest BCUT2D eigenvalue weighted by atomic mass is 9.65. The lowest BCUT2D eigenvalue weighted by molar-refractivity contribution is -0.131. The highest BCUT2D eigenvalue weighted by molar-refractivity contribution is 6.34. The number of halogens is 2. The monoisotopic (exact) mass is 411 g/mol. The highest BCUT2D eigenvalue weighted by Crippen LogP contribution is 2.42. The molecular formula is C20H27Cl2N3O2. The summed E-state index contributed by atoms with van der Waals surface area (Å²) in [5.74, 6) is 0.855. The molecule has 0 spiro atoms. The van der Waals surface area contributed by atoms with Crippen LogP contribution in [0.1, 0.15) is 38.5 Å². The van der Waals surface area contributed by atoms with Gasteiger partial charge in [0.1, 0.15) is 6.04 Å². The van der Waals surface area contributed by atoms with Crippen molar-refractivity contribution in [2.75, 3.05) is 11.4 Å². The van der Waals surface area contributed by atoms with Crippen molar-refractivity contribution in [2.24, 2.45) is 23.5 Å². The Balaban J connectivity index is 0.00000210. The summed E-state index contributed by atoms with van der Waals surface area (Å²) < 4.78 is 0. The van der Waals surface area contributed by atoms with Gasteiger partial charge in [0.25, 0.3) is 0 Å². The Bertz CT molecular complexity index is 700. The maximum absolute atomic E-state index is 12.8. The van der Waals surface area contributed by atoms with Crippen molar-refractivity contribution in [3.8, 4) is 0 Å². The van der Waals surface area contributed by atoms with Crippen LogP contribution in [0.4, 0.5) is 5.69 Å². The molecule has 3 N–H and O–H groups in total. The first-order chi connectivity index (χ1) is 12.5. The SMILES string of the molecule is Cl.NC1C2CCCC1CC(C(=O)NC1CCN(c3ccccc3Cl)C1=O)C2. The smallest absolute Gasteiger partial charge is 0.249 e. The van der Waals surface area contributed by atoms with Crippen LogP contribution in [0.15, 0.2) is 24.3 Å². The molecule has 5 nitrogen and oxygen atoms in total. The van der Waals surface area contributed by atoms with E-state index in [1.54, 1.807) is 11.0 Å². The van der Waals surface area contributed by atoms with Crippen molar-refractivity contribution < 1.29 is 9.59 Å². The van der Waals surface area contributed by atoms with Crippen LogP contribution < -0.4 is 16.0 Å². The quantitative estimate of drug-likeness (QED) is 0.801. The van der Waals surface area contributed by atoms with Crippen LogP contribution >= 0.6 is 24.0 Å². The van der Waals surface area contributed by atoms with Crippen molar-refractivity contribution in [2.45, 2.75) is 50.6 Å². The zero-order chi connectivity index (χ0) is 18.3. The molecule has 2 amide bonds. The Labute approximate surface area is 171 Å². The van der Waals surface area contributed by atoms with Gasteiger partial charge < -0.3 is 16.0 Å².